The third-order valence-electron chi connectivity index (χ3n) is 8.13. The zero-order valence-corrected chi connectivity index (χ0v) is 21.4. The van der Waals surface area contributed by atoms with Gasteiger partial charge in [-0.25, -0.2) is 0 Å². The highest BCUT2D eigenvalue weighted by Gasteiger charge is 2.32. The summed E-state index contributed by atoms with van der Waals surface area (Å²) < 4.78 is 0. The Morgan fingerprint density at radius 1 is 0.514 bits per heavy atom. The van der Waals surface area contributed by atoms with Crippen molar-refractivity contribution in [2.24, 2.45) is 11.8 Å². The third-order valence-corrected chi connectivity index (χ3v) is 8.13. The lowest BCUT2D eigenvalue weighted by molar-refractivity contribution is 0.231. The van der Waals surface area contributed by atoms with Crippen LogP contribution in [0.1, 0.15) is 66.2 Å². The van der Waals surface area contributed by atoms with Gasteiger partial charge in [-0.05, 0) is 102 Å². The zero-order valence-electron chi connectivity index (χ0n) is 21.4. The summed E-state index contributed by atoms with van der Waals surface area (Å²) in [4.78, 5) is 0. The fourth-order valence-electron chi connectivity index (χ4n) is 6.25. The second-order valence-electron chi connectivity index (χ2n) is 10.7. The van der Waals surface area contributed by atoms with Gasteiger partial charge in [-0.2, -0.15) is 0 Å². The van der Waals surface area contributed by atoms with Gasteiger partial charge in [0.2, 0.25) is 0 Å². The van der Waals surface area contributed by atoms with E-state index in [-0.39, 0.29) is 0 Å². The molecule has 1 saturated carbocycles. The summed E-state index contributed by atoms with van der Waals surface area (Å²) in [5, 5.41) is 0. The molecule has 0 bridgehead atoms. The Kier molecular flexibility index (Phi) is 7.36. The fraction of sp³-hybridized carbons (Fsp3) is 0.273. The van der Waals surface area contributed by atoms with E-state index in [4.69, 9.17) is 22.9 Å². The van der Waals surface area contributed by atoms with Crippen LogP contribution in [-0.4, -0.2) is 0 Å². The maximum atomic E-state index is 6.04. The molecule has 37 heavy (non-hydrogen) atoms. The van der Waals surface area contributed by atoms with Crippen molar-refractivity contribution < 1.29 is 0 Å². The van der Waals surface area contributed by atoms with Gasteiger partial charge in [-0.15, -0.1) is 0 Å². The van der Waals surface area contributed by atoms with Crippen LogP contribution in [0.25, 0.3) is 0 Å². The van der Waals surface area contributed by atoms with Crippen LogP contribution >= 0.6 is 0 Å². The maximum absolute atomic E-state index is 6.04. The predicted molar refractivity (Wildman–Crippen MR) is 157 cm³/mol. The SMILES string of the molecule is Nc1ccc(C(CC2CCCC(C(c3ccc(N)cc3)c3ccc(N)cc3)C2)c2ccc(N)cc2)cc1. The summed E-state index contributed by atoms with van der Waals surface area (Å²) in [7, 11) is 0. The average Bonchev–Trinajstić information content (AvgIpc) is 2.91. The molecule has 0 amide bonds. The van der Waals surface area contributed by atoms with Crippen molar-refractivity contribution in [1.29, 1.82) is 0 Å². The van der Waals surface area contributed by atoms with E-state index in [0.29, 0.717) is 23.7 Å². The van der Waals surface area contributed by atoms with Gasteiger partial charge in [-0.3, -0.25) is 0 Å². The molecule has 4 nitrogen and oxygen atoms in total. The first-order valence-electron chi connectivity index (χ1n) is 13.4. The van der Waals surface area contributed by atoms with Gasteiger partial charge in [0.05, 0.1) is 0 Å². The molecule has 8 N–H and O–H groups in total. The van der Waals surface area contributed by atoms with Crippen molar-refractivity contribution in [3.63, 3.8) is 0 Å². The fourth-order valence-corrected chi connectivity index (χ4v) is 6.25. The van der Waals surface area contributed by atoms with E-state index in [1.165, 1.54) is 47.9 Å². The second kappa shape index (κ2) is 11.0. The van der Waals surface area contributed by atoms with E-state index in [2.05, 4.69) is 48.5 Å². The molecule has 4 aromatic rings. The largest absolute Gasteiger partial charge is 0.399 e. The highest BCUT2D eigenvalue weighted by Crippen LogP contribution is 2.46. The monoisotopic (exact) mass is 490 g/mol. The van der Waals surface area contributed by atoms with Crippen LogP contribution in [0.4, 0.5) is 22.7 Å². The Morgan fingerprint density at radius 3 is 1.30 bits per heavy atom. The highest BCUT2D eigenvalue weighted by molar-refractivity contribution is 5.47. The van der Waals surface area contributed by atoms with Crippen LogP contribution in [0.2, 0.25) is 0 Å². The van der Waals surface area contributed by atoms with E-state index in [0.717, 1.165) is 29.2 Å². The molecule has 0 aliphatic heterocycles. The molecule has 1 aliphatic carbocycles. The molecule has 1 aliphatic rings. The smallest absolute Gasteiger partial charge is 0.0314 e. The van der Waals surface area contributed by atoms with E-state index < -0.39 is 0 Å². The van der Waals surface area contributed by atoms with Crippen LogP contribution in [0.5, 0.6) is 0 Å². The zero-order chi connectivity index (χ0) is 25.8. The first-order valence-corrected chi connectivity index (χ1v) is 13.4. The Balaban J connectivity index is 1.43. The van der Waals surface area contributed by atoms with Crippen LogP contribution in [0.3, 0.4) is 0 Å². The molecule has 0 spiro atoms. The van der Waals surface area contributed by atoms with Crippen molar-refractivity contribution in [2.45, 2.75) is 43.9 Å². The normalized spacial score (nSPS) is 17.8. The van der Waals surface area contributed by atoms with E-state index >= 15 is 0 Å². The Hall–Kier alpha value is -3.92. The van der Waals surface area contributed by atoms with Crippen molar-refractivity contribution in [3.05, 3.63) is 119 Å². The van der Waals surface area contributed by atoms with Gasteiger partial charge in [-0.1, -0.05) is 61.4 Å². The second-order valence-corrected chi connectivity index (χ2v) is 10.7. The van der Waals surface area contributed by atoms with Gasteiger partial charge in [0.15, 0.2) is 0 Å². The van der Waals surface area contributed by atoms with Gasteiger partial charge in [0, 0.05) is 34.6 Å². The van der Waals surface area contributed by atoms with Gasteiger partial charge in [0.25, 0.3) is 0 Å². The molecule has 4 heteroatoms. The summed E-state index contributed by atoms with van der Waals surface area (Å²) in [6.45, 7) is 0. The van der Waals surface area contributed by atoms with Crippen molar-refractivity contribution in [1.82, 2.24) is 0 Å². The first-order chi connectivity index (χ1) is 18.0. The highest BCUT2D eigenvalue weighted by atomic mass is 14.6. The third kappa shape index (κ3) is 5.91. The van der Waals surface area contributed by atoms with Crippen LogP contribution in [-0.2, 0) is 0 Å². The molecule has 0 saturated heterocycles. The van der Waals surface area contributed by atoms with Crippen molar-refractivity contribution in [3.8, 4) is 0 Å². The van der Waals surface area contributed by atoms with Gasteiger partial charge < -0.3 is 22.9 Å². The summed E-state index contributed by atoms with van der Waals surface area (Å²) in [5.41, 5.74) is 32.6. The minimum atomic E-state index is 0.316. The molecular formula is C33H38N4. The molecule has 1 fully saturated rings. The molecule has 190 valence electrons. The maximum Gasteiger partial charge on any atom is 0.0314 e. The Morgan fingerprint density at radius 2 is 0.892 bits per heavy atom. The van der Waals surface area contributed by atoms with Crippen LogP contribution < -0.4 is 22.9 Å². The minimum Gasteiger partial charge on any atom is -0.399 e. The molecule has 2 unspecified atom stereocenters. The lowest BCUT2D eigenvalue weighted by atomic mass is 9.68. The van der Waals surface area contributed by atoms with Crippen LogP contribution in [0, 0.1) is 11.8 Å². The molecule has 0 heterocycles. The number of hydrogen-bond acceptors (Lipinski definition) is 4. The molecule has 5 rings (SSSR count). The number of rotatable bonds is 7. The van der Waals surface area contributed by atoms with Gasteiger partial charge in [0.1, 0.15) is 0 Å². The lowest BCUT2D eigenvalue weighted by Crippen LogP contribution is -2.24. The number of benzene rings is 4. The van der Waals surface area contributed by atoms with E-state index in [9.17, 15) is 0 Å². The average molecular weight is 491 g/mol. The number of anilines is 4. The molecular weight excluding hydrogens is 452 g/mol. The van der Waals surface area contributed by atoms with Crippen molar-refractivity contribution in [2.75, 3.05) is 22.9 Å². The molecule has 4 aromatic carbocycles. The molecule has 2 atom stereocenters. The lowest BCUT2D eigenvalue weighted by Gasteiger charge is -2.37. The minimum absolute atomic E-state index is 0.316. The Labute approximate surface area is 220 Å². The van der Waals surface area contributed by atoms with Gasteiger partial charge >= 0.3 is 0 Å². The number of nitrogen functional groups attached to an aromatic ring is 4. The predicted octanol–water partition coefficient (Wildman–Crippen LogP) is 7.18. The number of nitrogens with two attached hydrogens (primary N) is 4. The number of hydrogen-bond donors (Lipinski definition) is 4. The van der Waals surface area contributed by atoms with Crippen molar-refractivity contribution >= 4 is 22.7 Å². The van der Waals surface area contributed by atoms with E-state index in [1.807, 2.05) is 48.5 Å². The first kappa shape index (κ1) is 24.8. The molecule has 0 radical (unpaired) electrons. The van der Waals surface area contributed by atoms with Crippen LogP contribution in [0.15, 0.2) is 97.1 Å². The quantitative estimate of drug-likeness (QED) is 0.206. The summed E-state index contributed by atoms with van der Waals surface area (Å²) in [6, 6.07) is 33.7. The van der Waals surface area contributed by atoms with E-state index in [1.54, 1.807) is 0 Å². The summed E-state index contributed by atoms with van der Waals surface area (Å²) in [6.07, 6.45) is 6.03. The standard InChI is InChI=1S/C33H38N4/c34-28-12-4-23(5-13-28)32(24-6-14-29(35)15-7-24)21-22-2-1-3-27(20-22)33(25-8-16-30(36)17-9-25)26-10-18-31(37)19-11-26/h4-19,22,27,32-33H,1-3,20-21,34-37H2. The summed E-state index contributed by atoms with van der Waals surface area (Å²) >= 11 is 0. The Bertz CT molecular complexity index is 1190. The molecule has 0 aromatic heterocycles. The topological polar surface area (TPSA) is 104 Å². The summed E-state index contributed by atoms with van der Waals surface area (Å²) in [5.74, 6) is 1.83.